The van der Waals surface area contributed by atoms with E-state index >= 15 is 0 Å². The fourth-order valence-electron chi connectivity index (χ4n) is 3.80. The van der Waals surface area contributed by atoms with Gasteiger partial charge in [0.15, 0.2) is 0 Å². The number of aliphatic hydroxyl groups is 1. The van der Waals surface area contributed by atoms with Crippen LogP contribution in [-0.2, 0) is 12.8 Å². The van der Waals surface area contributed by atoms with E-state index in [9.17, 15) is 5.11 Å². The highest BCUT2D eigenvalue weighted by Crippen LogP contribution is 2.58. The fraction of sp³-hybridized carbons (Fsp3) is 0.0769. The van der Waals surface area contributed by atoms with Crippen molar-refractivity contribution in [3.63, 3.8) is 0 Å². The highest BCUT2D eigenvalue weighted by molar-refractivity contribution is 7.95. The highest BCUT2D eigenvalue weighted by Gasteiger charge is 2.45. The van der Waals surface area contributed by atoms with Gasteiger partial charge in [-0.05, 0) is 47.5 Å². The average molecular weight is 383 g/mol. The van der Waals surface area contributed by atoms with Crippen LogP contribution in [0.2, 0.25) is 0 Å². The highest BCUT2D eigenvalue weighted by atomic mass is 31.2. The van der Waals surface area contributed by atoms with Crippen molar-refractivity contribution < 1.29 is 5.11 Å². The first-order valence-electron chi connectivity index (χ1n) is 9.56. The van der Waals surface area contributed by atoms with Gasteiger partial charge in [0, 0.05) is 0 Å². The Labute approximate surface area is 167 Å². The normalized spacial score (nSPS) is 11.3. The molecule has 0 amide bonds. The third-order valence-corrected chi connectivity index (χ3v) is 9.59. The van der Waals surface area contributed by atoms with E-state index in [1.807, 2.05) is 0 Å². The van der Waals surface area contributed by atoms with E-state index in [1.165, 1.54) is 21.5 Å². The molecule has 0 aliphatic heterocycles. The van der Waals surface area contributed by atoms with Gasteiger partial charge in [-0.15, -0.1) is 0 Å². The Hall–Kier alpha value is -2.73. The third kappa shape index (κ3) is 3.64. The maximum absolute atomic E-state index is 9.51. The molecule has 0 saturated carbocycles. The minimum absolute atomic E-state index is 0.0705. The zero-order valence-corrected chi connectivity index (χ0v) is 16.7. The second kappa shape index (κ2) is 8.52. The Morgan fingerprint density at radius 2 is 0.893 bits per heavy atom. The molecule has 4 aromatic rings. The van der Waals surface area contributed by atoms with Crippen molar-refractivity contribution in [2.24, 2.45) is 0 Å². The van der Waals surface area contributed by atoms with Crippen LogP contribution in [0.25, 0.3) is 0 Å². The summed E-state index contributed by atoms with van der Waals surface area (Å²) in [6, 6.07) is 41.1. The standard InChI is InChI=1S/C26H24OP/c27-20-22-16-18-26(19-17-22)28(24-12-6-2-7-13-24,25-14-8-3-9-15-25)21-23-10-4-1-5-11-23/h1-19,27H,20-21H2/q+1. The van der Waals surface area contributed by atoms with E-state index in [1.54, 1.807) is 0 Å². The molecule has 138 valence electrons. The predicted molar refractivity (Wildman–Crippen MR) is 121 cm³/mol. The second-order valence-electron chi connectivity index (χ2n) is 6.95. The Morgan fingerprint density at radius 3 is 1.36 bits per heavy atom. The summed E-state index contributed by atoms with van der Waals surface area (Å²) in [5, 5.41) is 13.6. The quantitative estimate of drug-likeness (QED) is 0.480. The minimum atomic E-state index is -1.89. The van der Waals surface area contributed by atoms with Crippen molar-refractivity contribution in [1.29, 1.82) is 0 Å². The zero-order chi connectivity index (χ0) is 19.2. The van der Waals surface area contributed by atoms with Crippen molar-refractivity contribution >= 4 is 23.2 Å². The second-order valence-corrected chi connectivity index (χ2v) is 10.4. The van der Waals surface area contributed by atoms with Gasteiger partial charge in [0.2, 0.25) is 0 Å². The number of aliphatic hydroxyl groups excluding tert-OH is 1. The van der Waals surface area contributed by atoms with E-state index in [0.717, 1.165) is 11.7 Å². The van der Waals surface area contributed by atoms with Gasteiger partial charge >= 0.3 is 0 Å². The maximum Gasteiger partial charge on any atom is 0.116 e. The molecule has 0 bridgehead atoms. The zero-order valence-electron chi connectivity index (χ0n) is 15.8. The van der Waals surface area contributed by atoms with Crippen LogP contribution in [-0.4, -0.2) is 5.11 Å². The van der Waals surface area contributed by atoms with Gasteiger partial charge in [-0.3, -0.25) is 0 Å². The topological polar surface area (TPSA) is 20.2 Å². The molecule has 2 heteroatoms. The summed E-state index contributed by atoms with van der Waals surface area (Å²) < 4.78 is 0. The molecule has 0 aromatic heterocycles. The monoisotopic (exact) mass is 383 g/mol. The average Bonchev–Trinajstić information content (AvgIpc) is 2.79. The summed E-state index contributed by atoms with van der Waals surface area (Å²) >= 11 is 0. The molecule has 0 fully saturated rings. The van der Waals surface area contributed by atoms with Crippen LogP contribution in [0.3, 0.4) is 0 Å². The Morgan fingerprint density at radius 1 is 0.464 bits per heavy atom. The lowest BCUT2D eigenvalue weighted by molar-refractivity contribution is 0.282. The molecular weight excluding hydrogens is 359 g/mol. The lowest BCUT2D eigenvalue weighted by atomic mass is 10.2. The first-order valence-corrected chi connectivity index (χ1v) is 11.5. The van der Waals surface area contributed by atoms with Gasteiger partial charge in [0.1, 0.15) is 23.2 Å². The van der Waals surface area contributed by atoms with E-state index in [-0.39, 0.29) is 6.61 Å². The molecule has 4 aromatic carbocycles. The first kappa shape index (κ1) is 18.6. The molecular formula is C26H24OP+. The molecule has 0 aliphatic rings. The third-order valence-electron chi connectivity index (χ3n) is 5.22. The van der Waals surface area contributed by atoms with Gasteiger partial charge in [-0.25, -0.2) is 0 Å². The fourth-order valence-corrected chi connectivity index (χ4v) is 8.02. The Bertz CT molecular complexity index is 957. The molecule has 0 aliphatic carbocycles. The summed E-state index contributed by atoms with van der Waals surface area (Å²) in [4.78, 5) is 0. The van der Waals surface area contributed by atoms with Crippen LogP contribution in [0, 0.1) is 0 Å². The van der Waals surface area contributed by atoms with Crippen molar-refractivity contribution in [3.8, 4) is 0 Å². The van der Waals surface area contributed by atoms with Crippen LogP contribution in [0.5, 0.6) is 0 Å². The smallest absolute Gasteiger partial charge is 0.116 e. The lowest BCUT2D eigenvalue weighted by Crippen LogP contribution is -2.32. The molecule has 0 saturated heterocycles. The largest absolute Gasteiger partial charge is 0.392 e. The SMILES string of the molecule is OCc1ccc([P+](Cc2ccccc2)(c2ccccc2)c2ccccc2)cc1. The van der Waals surface area contributed by atoms with Crippen LogP contribution in [0.4, 0.5) is 0 Å². The lowest BCUT2D eigenvalue weighted by Gasteiger charge is -2.28. The summed E-state index contributed by atoms with van der Waals surface area (Å²) in [6.07, 6.45) is 0.973. The molecule has 28 heavy (non-hydrogen) atoms. The maximum atomic E-state index is 9.51. The van der Waals surface area contributed by atoms with Crippen molar-refractivity contribution in [3.05, 3.63) is 126 Å². The molecule has 0 atom stereocenters. The predicted octanol–water partition coefficient (Wildman–Crippen LogP) is 4.67. The van der Waals surface area contributed by atoms with Gasteiger partial charge in [-0.2, -0.15) is 0 Å². The first-order chi connectivity index (χ1) is 13.8. The minimum Gasteiger partial charge on any atom is -0.392 e. The van der Waals surface area contributed by atoms with Crippen LogP contribution >= 0.6 is 7.26 Å². The van der Waals surface area contributed by atoms with E-state index < -0.39 is 7.26 Å². The number of rotatable bonds is 6. The van der Waals surface area contributed by atoms with Crippen LogP contribution in [0.15, 0.2) is 115 Å². The summed E-state index contributed by atoms with van der Waals surface area (Å²) in [6.45, 7) is 0.0705. The van der Waals surface area contributed by atoms with E-state index in [0.29, 0.717) is 0 Å². The molecule has 0 radical (unpaired) electrons. The summed E-state index contributed by atoms with van der Waals surface area (Å²) in [5.41, 5.74) is 2.29. The van der Waals surface area contributed by atoms with E-state index in [4.69, 9.17) is 0 Å². The van der Waals surface area contributed by atoms with Crippen molar-refractivity contribution in [1.82, 2.24) is 0 Å². The molecule has 1 nitrogen and oxygen atoms in total. The van der Waals surface area contributed by atoms with Gasteiger partial charge in [0.05, 0.1) is 12.8 Å². The Kier molecular flexibility index (Phi) is 5.67. The summed E-state index contributed by atoms with van der Waals surface area (Å²) in [5.74, 6) is 0. The van der Waals surface area contributed by atoms with Crippen molar-refractivity contribution in [2.75, 3.05) is 0 Å². The van der Waals surface area contributed by atoms with Gasteiger partial charge < -0.3 is 5.11 Å². The number of hydrogen-bond acceptors (Lipinski definition) is 1. The van der Waals surface area contributed by atoms with E-state index in [2.05, 4.69) is 115 Å². The molecule has 0 spiro atoms. The van der Waals surface area contributed by atoms with Gasteiger partial charge in [0.25, 0.3) is 0 Å². The Balaban J connectivity index is 1.98. The molecule has 0 heterocycles. The van der Waals surface area contributed by atoms with Gasteiger partial charge in [-0.1, -0.05) is 78.9 Å². The molecule has 1 N–H and O–H groups in total. The number of hydrogen-bond donors (Lipinski definition) is 1. The molecule has 4 rings (SSSR count). The molecule has 0 unspecified atom stereocenters. The summed E-state index contributed by atoms with van der Waals surface area (Å²) in [7, 11) is -1.89. The van der Waals surface area contributed by atoms with Crippen molar-refractivity contribution in [2.45, 2.75) is 12.8 Å². The van der Waals surface area contributed by atoms with Crippen LogP contribution in [0.1, 0.15) is 11.1 Å². The number of benzene rings is 4. The van der Waals surface area contributed by atoms with Crippen LogP contribution < -0.4 is 15.9 Å².